The van der Waals surface area contributed by atoms with Crippen molar-refractivity contribution in [3.63, 3.8) is 0 Å². The first-order chi connectivity index (χ1) is 8.08. The summed E-state index contributed by atoms with van der Waals surface area (Å²) < 4.78 is 13.2. The van der Waals surface area contributed by atoms with Crippen molar-refractivity contribution in [2.24, 2.45) is 0 Å². The van der Waals surface area contributed by atoms with E-state index in [-0.39, 0.29) is 11.3 Å². The Hall–Kier alpha value is -2.93. The van der Waals surface area contributed by atoms with Crippen LogP contribution in [0.15, 0.2) is 30.0 Å². The monoisotopic (exact) mass is 232 g/mol. The number of nitro benzene ring substituents is 1. The van der Waals surface area contributed by atoms with E-state index in [0.29, 0.717) is 0 Å². The Labute approximate surface area is 95.4 Å². The smallest absolute Gasteiger partial charge is 0.304 e. The summed E-state index contributed by atoms with van der Waals surface area (Å²) >= 11 is 0. The van der Waals surface area contributed by atoms with Gasteiger partial charge in [-0.1, -0.05) is 0 Å². The minimum Gasteiger partial charge on any atom is -0.360 e. The Morgan fingerprint density at radius 3 is 2.59 bits per heavy atom. The highest BCUT2D eigenvalue weighted by atomic mass is 19.1. The predicted molar refractivity (Wildman–Crippen MR) is 56.0 cm³/mol. The second-order valence-electron chi connectivity index (χ2n) is 2.85. The number of nitrogens with one attached hydrogen (secondary N) is 1. The van der Waals surface area contributed by atoms with Gasteiger partial charge < -0.3 is 5.32 Å². The third kappa shape index (κ3) is 3.01. The summed E-state index contributed by atoms with van der Waals surface area (Å²) in [5.74, 6) is -0.996. The lowest BCUT2D eigenvalue weighted by atomic mass is 10.2. The van der Waals surface area contributed by atoms with Crippen molar-refractivity contribution < 1.29 is 9.31 Å². The molecule has 0 saturated carbocycles. The van der Waals surface area contributed by atoms with Crippen LogP contribution >= 0.6 is 0 Å². The molecule has 0 aliphatic rings. The largest absolute Gasteiger partial charge is 0.360 e. The fraction of sp³-hybridized carbons (Fsp3) is 0. The van der Waals surface area contributed by atoms with E-state index >= 15 is 0 Å². The summed E-state index contributed by atoms with van der Waals surface area (Å²) in [4.78, 5) is 9.50. The first kappa shape index (κ1) is 12.1. The van der Waals surface area contributed by atoms with E-state index < -0.39 is 16.4 Å². The molecule has 17 heavy (non-hydrogen) atoms. The highest BCUT2D eigenvalue weighted by molar-refractivity contribution is 5.53. The van der Waals surface area contributed by atoms with Crippen molar-refractivity contribution in [3.8, 4) is 12.1 Å². The first-order valence-electron chi connectivity index (χ1n) is 4.29. The van der Waals surface area contributed by atoms with Gasteiger partial charge in [-0.15, -0.1) is 0 Å². The molecular weight excluding hydrogens is 227 g/mol. The highest BCUT2D eigenvalue weighted by Crippen LogP contribution is 2.20. The number of rotatable bonds is 3. The summed E-state index contributed by atoms with van der Waals surface area (Å²) in [6, 6.07) is 6.37. The van der Waals surface area contributed by atoms with Crippen LogP contribution in [0.25, 0.3) is 0 Å². The van der Waals surface area contributed by atoms with Gasteiger partial charge in [-0.2, -0.15) is 14.9 Å². The third-order valence-electron chi connectivity index (χ3n) is 1.77. The number of allylic oxidation sites excluding steroid dienone is 1. The van der Waals surface area contributed by atoms with E-state index in [1.54, 1.807) is 12.1 Å². The van der Waals surface area contributed by atoms with Gasteiger partial charge in [0.1, 0.15) is 17.7 Å². The summed E-state index contributed by atoms with van der Waals surface area (Å²) in [7, 11) is 0. The Morgan fingerprint density at radius 2 is 2.12 bits per heavy atom. The van der Waals surface area contributed by atoms with Crippen LogP contribution in [0.5, 0.6) is 0 Å². The van der Waals surface area contributed by atoms with Gasteiger partial charge in [0, 0.05) is 24.0 Å². The van der Waals surface area contributed by atoms with Crippen LogP contribution in [0.2, 0.25) is 0 Å². The Morgan fingerprint density at radius 1 is 1.47 bits per heavy atom. The maximum Gasteiger partial charge on any atom is 0.304 e. The van der Waals surface area contributed by atoms with Gasteiger partial charge in [0.05, 0.1) is 4.92 Å². The summed E-state index contributed by atoms with van der Waals surface area (Å²) in [6.07, 6.45) is 1.08. The minimum atomic E-state index is -0.996. The molecule has 7 heteroatoms. The van der Waals surface area contributed by atoms with Crippen molar-refractivity contribution >= 4 is 11.4 Å². The van der Waals surface area contributed by atoms with Gasteiger partial charge in [-0.25, -0.2) is 0 Å². The van der Waals surface area contributed by atoms with Gasteiger partial charge in [0.25, 0.3) is 0 Å². The third-order valence-corrected chi connectivity index (χ3v) is 1.77. The lowest BCUT2D eigenvalue weighted by Crippen LogP contribution is -1.95. The van der Waals surface area contributed by atoms with E-state index in [0.717, 1.165) is 18.3 Å². The van der Waals surface area contributed by atoms with E-state index in [2.05, 4.69) is 5.32 Å². The molecule has 0 saturated heterocycles. The summed E-state index contributed by atoms with van der Waals surface area (Å²) in [6.45, 7) is 0. The zero-order valence-corrected chi connectivity index (χ0v) is 8.35. The van der Waals surface area contributed by atoms with Crippen LogP contribution < -0.4 is 5.32 Å². The fourth-order valence-corrected chi connectivity index (χ4v) is 0.990. The lowest BCUT2D eigenvalue weighted by molar-refractivity contribution is -0.387. The number of nitriles is 2. The van der Waals surface area contributed by atoms with Crippen LogP contribution in [0.1, 0.15) is 0 Å². The SMILES string of the molecule is N#CC(C#N)=CNc1ccc([N+](=O)[O-])c(F)c1. The van der Waals surface area contributed by atoms with Gasteiger partial charge in [0.2, 0.25) is 5.82 Å². The molecule has 0 aliphatic carbocycles. The quantitative estimate of drug-likeness (QED) is 0.488. The molecule has 0 radical (unpaired) electrons. The van der Waals surface area contributed by atoms with E-state index in [1.165, 1.54) is 6.07 Å². The van der Waals surface area contributed by atoms with E-state index in [4.69, 9.17) is 10.5 Å². The number of nitrogens with zero attached hydrogens (tertiary/aromatic N) is 3. The number of nitro groups is 1. The second-order valence-corrected chi connectivity index (χ2v) is 2.85. The van der Waals surface area contributed by atoms with Crippen molar-refractivity contribution in [3.05, 3.63) is 45.9 Å². The second kappa shape index (κ2) is 5.24. The molecule has 0 aromatic heterocycles. The normalized spacial score (nSPS) is 8.65. The van der Waals surface area contributed by atoms with Crippen molar-refractivity contribution in [2.75, 3.05) is 5.32 Å². The van der Waals surface area contributed by atoms with Gasteiger partial charge >= 0.3 is 5.69 Å². The lowest BCUT2D eigenvalue weighted by Gasteiger charge is -2.00. The molecule has 6 nitrogen and oxygen atoms in total. The summed E-state index contributed by atoms with van der Waals surface area (Å²) in [5.41, 5.74) is -0.625. The molecule has 0 amide bonds. The average molecular weight is 232 g/mol. The molecule has 0 atom stereocenters. The molecule has 0 bridgehead atoms. The van der Waals surface area contributed by atoms with Crippen molar-refractivity contribution in [1.82, 2.24) is 0 Å². The molecule has 1 aromatic carbocycles. The van der Waals surface area contributed by atoms with Crippen molar-refractivity contribution in [1.29, 1.82) is 10.5 Å². The topological polar surface area (TPSA) is 103 Å². The standard InChI is InChI=1S/C10H5FN4O2/c11-9-3-8(1-2-10(9)15(16)17)14-6-7(4-12)5-13/h1-3,6,14H. The number of hydrogen-bond acceptors (Lipinski definition) is 5. The van der Waals surface area contributed by atoms with Crippen LogP contribution in [0.3, 0.4) is 0 Å². The molecular formula is C10H5FN4O2. The predicted octanol–water partition coefficient (Wildman–Crippen LogP) is 2.08. The maximum atomic E-state index is 13.2. The maximum absolute atomic E-state index is 13.2. The molecule has 84 valence electrons. The molecule has 0 fully saturated rings. The van der Waals surface area contributed by atoms with Gasteiger partial charge in [0.15, 0.2) is 0 Å². The zero-order chi connectivity index (χ0) is 12.8. The molecule has 0 spiro atoms. The van der Waals surface area contributed by atoms with Crippen LogP contribution in [-0.4, -0.2) is 4.92 Å². The number of halogens is 1. The molecule has 0 aliphatic heterocycles. The summed E-state index contributed by atoms with van der Waals surface area (Å²) in [5, 5.41) is 29.7. The van der Waals surface area contributed by atoms with E-state index in [9.17, 15) is 14.5 Å². The molecule has 1 aromatic rings. The Balaban J connectivity index is 2.94. The highest BCUT2D eigenvalue weighted by Gasteiger charge is 2.13. The van der Waals surface area contributed by atoms with Crippen LogP contribution in [-0.2, 0) is 0 Å². The number of hydrogen-bond donors (Lipinski definition) is 1. The van der Waals surface area contributed by atoms with Gasteiger partial charge in [-0.3, -0.25) is 10.1 Å². The average Bonchev–Trinajstić information content (AvgIpc) is 2.30. The molecule has 0 unspecified atom stereocenters. The molecule has 1 N–H and O–H groups in total. The zero-order valence-electron chi connectivity index (χ0n) is 8.35. The number of anilines is 1. The molecule has 0 heterocycles. The fourth-order valence-electron chi connectivity index (χ4n) is 0.990. The minimum absolute atomic E-state index is 0.191. The Kier molecular flexibility index (Phi) is 3.74. The van der Waals surface area contributed by atoms with Crippen LogP contribution in [0, 0.1) is 38.6 Å². The van der Waals surface area contributed by atoms with E-state index in [1.807, 2.05) is 0 Å². The van der Waals surface area contributed by atoms with Gasteiger partial charge in [-0.05, 0) is 6.07 Å². The van der Waals surface area contributed by atoms with Crippen molar-refractivity contribution in [2.45, 2.75) is 0 Å². The molecule has 1 rings (SSSR count). The number of benzene rings is 1. The Bertz CT molecular complexity index is 553. The first-order valence-corrected chi connectivity index (χ1v) is 4.29. The van der Waals surface area contributed by atoms with Crippen LogP contribution in [0.4, 0.5) is 15.8 Å².